The molecule has 0 bridgehead atoms. The van der Waals surface area contributed by atoms with E-state index in [4.69, 9.17) is 4.65 Å². The van der Waals surface area contributed by atoms with E-state index in [1.807, 2.05) is 54.6 Å². The zero-order valence-corrected chi connectivity index (χ0v) is 62.8. The monoisotopic (exact) mass is 1350 g/mol. The first-order chi connectivity index (χ1) is 49.4. The molecule has 9 aromatic rings. The fourth-order valence-electron chi connectivity index (χ4n) is 16.7. The molecule has 4 aliphatic heterocycles. The molecule has 0 saturated carbocycles. The Kier molecular flexibility index (Phi) is 23.8. The molecule has 0 radical (unpaired) electrons. The normalized spacial score (nSPS) is 17.0. The third kappa shape index (κ3) is 15.0. The first kappa shape index (κ1) is 74.0. The van der Waals surface area contributed by atoms with Crippen LogP contribution in [0.2, 0.25) is 0 Å². The molecule has 0 spiro atoms. The van der Waals surface area contributed by atoms with Crippen LogP contribution in [0.4, 0.5) is 22.7 Å². The molecule has 4 heterocycles. The summed E-state index contributed by atoms with van der Waals surface area (Å²) in [7, 11) is -2.23. The molecular weight excluding hydrogens is 1240 g/mol. The van der Waals surface area contributed by atoms with Crippen molar-refractivity contribution in [1.82, 2.24) is 0 Å². The first-order valence-corrected chi connectivity index (χ1v) is 37.7. The number of rotatable bonds is 24. The van der Waals surface area contributed by atoms with E-state index >= 15 is 0 Å². The van der Waals surface area contributed by atoms with Crippen LogP contribution in [-0.4, -0.2) is 60.7 Å². The smallest absolute Gasteiger partial charge is 0.210 e. The van der Waals surface area contributed by atoms with E-state index in [2.05, 4.69) is 321 Å². The van der Waals surface area contributed by atoms with Gasteiger partial charge in [-0.05, 0) is 139 Å². The van der Waals surface area contributed by atoms with E-state index in [-0.39, 0.29) is 33.7 Å². The number of benzene rings is 9. The number of allylic oxidation sites excluding steroid dienone is 12. The Hall–Kier alpha value is -9.18. The van der Waals surface area contributed by atoms with Crippen molar-refractivity contribution in [1.29, 1.82) is 0 Å². The molecule has 8 heteroatoms. The molecule has 9 aromatic carbocycles. The Balaban J connectivity index is 0.000000157. The number of hydrogen-bond acceptors (Lipinski definition) is 5. The van der Waals surface area contributed by atoms with Crippen LogP contribution < -0.4 is 19.8 Å². The number of nitrogens with zero attached hydrogens (tertiary/aromatic N) is 4. The van der Waals surface area contributed by atoms with E-state index in [0.29, 0.717) is 6.42 Å². The summed E-state index contributed by atoms with van der Waals surface area (Å²) < 4.78 is 9.86. The van der Waals surface area contributed by atoms with Gasteiger partial charge in [0.05, 0.1) is 18.2 Å². The molecule has 0 atom stereocenters. The van der Waals surface area contributed by atoms with Gasteiger partial charge in [0.2, 0.25) is 11.4 Å². The predicted molar refractivity (Wildman–Crippen MR) is 430 cm³/mol. The van der Waals surface area contributed by atoms with E-state index < -0.39 is 7.32 Å². The molecule has 0 aliphatic carbocycles. The Labute approximate surface area is 610 Å². The van der Waals surface area contributed by atoms with Crippen molar-refractivity contribution in [2.45, 2.75) is 162 Å². The summed E-state index contributed by atoms with van der Waals surface area (Å²) in [5.74, 6) is 0. The Morgan fingerprint density at radius 3 is 1.16 bits per heavy atom. The first-order valence-electron chi connectivity index (χ1n) is 37.7. The number of hydrogen-bond donors (Lipinski definition) is 0. The lowest BCUT2D eigenvalue weighted by molar-refractivity contribution is -0.438. The molecular formula is C94H107BN4O3. The topological polar surface area (TPSA) is 67.9 Å². The highest BCUT2D eigenvalue weighted by molar-refractivity contribution is 6.28. The summed E-state index contributed by atoms with van der Waals surface area (Å²) in [4.78, 5) is 5.01. The molecule has 0 amide bonds. The number of fused-ring (bicyclic) bond motifs is 8. The maximum atomic E-state index is 10.7. The summed E-state index contributed by atoms with van der Waals surface area (Å²) in [5.41, 5.74) is 19.8. The van der Waals surface area contributed by atoms with E-state index in [9.17, 15) is 10.0 Å². The predicted octanol–water partition coefficient (Wildman–Crippen LogP) is 21.0. The number of unbranched alkanes of at least 4 members (excludes halogenated alkanes) is 2. The van der Waals surface area contributed by atoms with Crippen molar-refractivity contribution in [3.05, 3.63) is 323 Å². The van der Waals surface area contributed by atoms with Gasteiger partial charge >= 0.3 is 0 Å². The summed E-state index contributed by atoms with van der Waals surface area (Å²) in [6.07, 6.45) is 31.0. The van der Waals surface area contributed by atoms with Gasteiger partial charge in [-0.25, -0.2) is 0 Å². The van der Waals surface area contributed by atoms with Gasteiger partial charge in [0.1, 0.15) is 13.1 Å². The van der Waals surface area contributed by atoms with Gasteiger partial charge in [-0.1, -0.05) is 281 Å². The van der Waals surface area contributed by atoms with Crippen LogP contribution in [0.1, 0.15) is 173 Å². The van der Waals surface area contributed by atoms with Crippen molar-refractivity contribution in [3.63, 3.8) is 0 Å². The van der Waals surface area contributed by atoms with Gasteiger partial charge < -0.3 is 24.5 Å². The Bertz CT molecular complexity index is 4300. The van der Waals surface area contributed by atoms with Gasteiger partial charge in [-0.15, -0.1) is 0 Å². The highest BCUT2D eigenvalue weighted by Crippen LogP contribution is 2.51. The zero-order valence-electron chi connectivity index (χ0n) is 62.8. The van der Waals surface area contributed by atoms with Crippen molar-refractivity contribution < 1.29 is 23.9 Å². The molecule has 0 fully saturated rings. The molecule has 0 saturated heterocycles. The molecule has 0 unspecified atom stereocenters. The van der Waals surface area contributed by atoms with Crippen molar-refractivity contribution >= 4 is 63.0 Å². The van der Waals surface area contributed by atoms with Crippen LogP contribution in [0.25, 0.3) is 21.5 Å². The van der Waals surface area contributed by atoms with Crippen molar-refractivity contribution in [3.8, 4) is 0 Å². The summed E-state index contributed by atoms with van der Waals surface area (Å²) in [6, 6.07) is 75.7. The summed E-state index contributed by atoms with van der Waals surface area (Å²) in [6.45, 7) is 32.4. The highest BCUT2D eigenvalue weighted by Gasteiger charge is 2.47. The lowest BCUT2D eigenvalue weighted by Crippen LogP contribution is -2.48. The second-order valence-electron chi connectivity index (χ2n) is 29.8. The quantitative estimate of drug-likeness (QED) is 0.0198. The number of para-hydroxylation sites is 2. The third-order valence-electron chi connectivity index (χ3n) is 21.7. The van der Waals surface area contributed by atoms with Gasteiger partial charge in [-0.3, -0.25) is 0 Å². The Morgan fingerprint density at radius 2 is 0.775 bits per heavy atom. The van der Waals surface area contributed by atoms with Gasteiger partial charge in [0.15, 0.2) is 11.4 Å². The van der Waals surface area contributed by atoms with Crippen molar-refractivity contribution in [2.75, 3.05) is 42.6 Å². The summed E-state index contributed by atoms with van der Waals surface area (Å²) in [5, 5.41) is 26.8. The molecule has 13 rings (SSSR count). The van der Waals surface area contributed by atoms with Crippen molar-refractivity contribution in [2.24, 2.45) is 0 Å². The van der Waals surface area contributed by atoms with Crippen LogP contribution in [0.5, 0.6) is 0 Å². The largest absolute Gasteiger partial charge is 0.871 e. The average molecular weight is 1350 g/mol. The molecule has 524 valence electrons. The van der Waals surface area contributed by atoms with Crippen LogP contribution in [0, 0.1) is 0 Å². The van der Waals surface area contributed by atoms with Crippen LogP contribution in [0.15, 0.2) is 284 Å². The highest BCUT2D eigenvalue weighted by atomic mass is 16.6. The van der Waals surface area contributed by atoms with Crippen LogP contribution in [-0.2, 0) is 31.7 Å². The molecule has 7 nitrogen and oxygen atoms in total. The van der Waals surface area contributed by atoms with Crippen LogP contribution in [0.3, 0.4) is 0 Å². The second-order valence-corrected chi connectivity index (χ2v) is 29.8. The average Bonchev–Trinajstić information content (AvgIpc) is 1.54. The molecule has 102 heavy (non-hydrogen) atoms. The lowest BCUT2D eigenvalue weighted by atomic mass is 9.67. The van der Waals surface area contributed by atoms with E-state index in [1.165, 1.54) is 132 Å². The van der Waals surface area contributed by atoms with E-state index in [0.717, 1.165) is 45.4 Å². The van der Waals surface area contributed by atoms with Gasteiger partial charge in [-0.2, -0.15) is 9.15 Å². The third-order valence-corrected chi connectivity index (χ3v) is 21.7. The SMILES string of the molecule is CCCC[N+]1=C(C=CC=CC=C2N(CCC)c3ccccc3C2(C)C)C(C)(C)c2c1ccc1ccccc21.CCCC[N+]1=C(C=CC=CC=C2N(CCC)c3ccccc3C2(C)C)C(C)(C)c2c1ccc1ccccc21.[O-]B([O-])OCCCC(c1ccccc1)(c1ccccc1)c1ccccc1. The fourth-order valence-corrected chi connectivity index (χ4v) is 16.7. The van der Waals surface area contributed by atoms with E-state index in [1.54, 1.807) is 0 Å². The maximum absolute atomic E-state index is 10.7. The number of anilines is 2. The molecule has 0 N–H and O–H groups in total. The minimum atomic E-state index is -2.23. The zero-order chi connectivity index (χ0) is 72.1. The standard InChI is InChI=1S/2C36H43N2.C22H21BO3/c2*1-7-9-26-38-31-24-23-27-17-13-14-18-28(27)34(31)36(5,6)33(38)22-12-10-11-21-32-35(3,4)29-19-15-16-20-30(29)37(32)25-8-2;24-23(25)26-18-10-17-22(19-11-4-1-5-12-19,20-13-6-2-7-14-20)21-15-8-3-9-16-21/h2*10-24H,7-9,25-26H2,1-6H3;1-9,11-16H,10,17-18H2/q2*+1;-2. The van der Waals surface area contributed by atoms with Crippen LogP contribution >= 0.6 is 0 Å². The molecule has 4 aliphatic rings. The molecule has 0 aromatic heterocycles. The Morgan fingerprint density at radius 1 is 0.402 bits per heavy atom. The minimum Gasteiger partial charge on any atom is -0.871 e. The minimum absolute atomic E-state index is 0.00165. The fraction of sp³-hybridized carbons (Fsp3) is 0.319. The van der Waals surface area contributed by atoms with Gasteiger partial charge in [0.25, 0.3) is 0 Å². The summed E-state index contributed by atoms with van der Waals surface area (Å²) >= 11 is 0. The van der Waals surface area contributed by atoms with Gasteiger partial charge in [0, 0.05) is 107 Å². The lowest BCUT2D eigenvalue weighted by Gasteiger charge is -2.37. The maximum Gasteiger partial charge on any atom is 0.210 e. The second kappa shape index (κ2) is 32.9.